The van der Waals surface area contributed by atoms with Gasteiger partial charge in [-0.25, -0.2) is 0 Å². The van der Waals surface area contributed by atoms with Crippen LogP contribution in [0.25, 0.3) is 0 Å². The number of carbonyl (C=O) groups is 2. The summed E-state index contributed by atoms with van der Waals surface area (Å²) in [5.74, 6) is 0.966. The third-order valence-electron chi connectivity index (χ3n) is 1.33. The molecule has 0 bridgehead atoms. The quantitative estimate of drug-likeness (QED) is 0.293. The molecule has 0 aromatic heterocycles. The van der Waals surface area contributed by atoms with Crippen molar-refractivity contribution in [3.63, 3.8) is 0 Å². The van der Waals surface area contributed by atoms with Gasteiger partial charge in [-0.3, -0.25) is 9.59 Å². The Morgan fingerprint density at radius 2 is 2.40 bits per heavy atom. The van der Waals surface area contributed by atoms with E-state index in [9.17, 15) is 9.59 Å². The van der Waals surface area contributed by atoms with Crippen molar-refractivity contribution in [3.8, 4) is 12.3 Å². The molecule has 0 aromatic rings. The fourth-order valence-corrected chi connectivity index (χ4v) is 0.819. The van der Waals surface area contributed by atoms with E-state index in [4.69, 9.17) is 6.42 Å². The molecule has 0 amide bonds. The van der Waals surface area contributed by atoms with Gasteiger partial charge in [0.05, 0.1) is 12.3 Å². The first-order valence-corrected chi connectivity index (χ1v) is 2.92. The van der Waals surface area contributed by atoms with Crippen molar-refractivity contribution in [2.75, 3.05) is 0 Å². The number of cyclic esters (lactones) is 2. The fourth-order valence-electron chi connectivity index (χ4n) is 0.819. The Bertz CT molecular complexity index is 211. The maximum atomic E-state index is 10.6. The van der Waals surface area contributed by atoms with Gasteiger partial charge in [0.2, 0.25) is 0 Å². The first-order chi connectivity index (χ1) is 4.74. The lowest BCUT2D eigenvalue weighted by molar-refractivity contribution is -0.153. The molecule has 3 nitrogen and oxygen atoms in total. The van der Waals surface area contributed by atoms with Crippen molar-refractivity contribution in [3.05, 3.63) is 0 Å². The van der Waals surface area contributed by atoms with Gasteiger partial charge in [0.1, 0.15) is 0 Å². The summed E-state index contributed by atoms with van der Waals surface area (Å²) in [5.41, 5.74) is 0. The first-order valence-electron chi connectivity index (χ1n) is 2.92. The van der Waals surface area contributed by atoms with E-state index in [0.717, 1.165) is 0 Å². The van der Waals surface area contributed by atoms with Crippen LogP contribution in [0.4, 0.5) is 0 Å². The molecule has 10 heavy (non-hydrogen) atoms. The van der Waals surface area contributed by atoms with Gasteiger partial charge in [0.25, 0.3) is 0 Å². The number of hydrogen-bond acceptors (Lipinski definition) is 3. The molecule has 0 radical (unpaired) electrons. The van der Waals surface area contributed by atoms with E-state index in [1.165, 1.54) is 0 Å². The predicted molar refractivity (Wildman–Crippen MR) is 32.7 cm³/mol. The molecular formula is C7H6O3. The molecule has 1 aliphatic rings. The molecule has 0 aromatic carbocycles. The summed E-state index contributed by atoms with van der Waals surface area (Å²) in [6, 6.07) is 0. The number of terminal acetylenes is 1. The molecule has 1 saturated heterocycles. The zero-order valence-electron chi connectivity index (χ0n) is 5.29. The van der Waals surface area contributed by atoms with Gasteiger partial charge in [-0.1, -0.05) is 0 Å². The summed E-state index contributed by atoms with van der Waals surface area (Å²) in [5, 5.41) is 0. The second-order valence-electron chi connectivity index (χ2n) is 2.10. The highest BCUT2D eigenvalue weighted by Crippen LogP contribution is 2.18. The lowest BCUT2D eigenvalue weighted by Crippen LogP contribution is -2.05. The van der Waals surface area contributed by atoms with Crippen LogP contribution in [0.5, 0.6) is 0 Å². The minimum Gasteiger partial charge on any atom is -0.393 e. The Morgan fingerprint density at radius 1 is 1.70 bits per heavy atom. The SMILES string of the molecule is C#CCC1CC(=O)OC1=O. The second kappa shape index (κ2) is 2.53. The lowest BCUT2D eigenvalue weighted by atomic mass is 10.1. The summed E-state index contributed by atoms with van der Waals surface area (Å²) in [6.07, 6.45) is 5.39. The number of carbonyl (C=O) groups excluding carboxylic acids is 2. The summed E-state index contributed by atoms with van der Waals surface area (Å²) >= 11 is 0. The molecule has 1 fully saturated rings. The Hall–Kier alpha value is -1.30. The van der Waals surface area contributed by atoms with E-state index in [-0.39, 0.29) is 6.42 Å². The monoisotopic (exact) mass is 138 g/mol. The Labute approximate surface area is 58.4 Å². The first kappa shape index (κ1) is 6.81. The van der Waals surface area contributed by atoms with Crippen molar-refractivity contribution in [1.29, 1.82) is 0 Å². The summed E-state index contributed by atoms with van der Waals surface area (Å²) in [7, 11) is 0. The average Bonchev–Trinajstić information content (AvgIpc) is 2.13. The summed E-state index contributed by atoms with van der Waals surface area (Å²) < 4.78 is 4.25. The van der Waals surface area contributed by atoms with Crippen molar-refractivity contribution in [2.45, 2.75) is 12.8 Å². The van der Waals surface area contributed by atoms with Gasteiger partial charge in [-0.15, -0.1) is 12.3 Å². The van der Waals surface area contributed by atoms with E-state index in [2.05, 4.69) is 10.7 Å². The second-order valence-corrected chi connectivity index (χ2v) is 2.10. The molecule has 3 heteroatoms. The molecule has 52 valence electrons. The van der Waals surface area contributed by atoms with Crippen LogP contribution in [-0.4, -0.2) is 11.9 Å². The smallest absolute Gasteiger partial charge is 0.318 e. The van der Waals surface area contributed by atoms with Crippen LogP contribution in [0.2, 0.25) is 0 Å². The summed E-state index contributed by atoms with van der Waals surface area (Å²) in [4.78, 5) is 21.1. The van der Waals surface area contributed by atoms with Gasteiger partial charge in [-0.05, 0) is 0 Å². The number of esters is 2. The van der Waals surface area contributed by atoms with Crippen LogP contribution in [0.3, 0.4) is 0 Å². The third kappa shape index (κ3) is 1.16. The Morgan fingerprint density at radius 3 is 2.80 bits per heavy atom. The van der Waals surface area contributed by atoms with Crippen molar-refractivity contribution < 1.29 is 14.3 Å². The van der Waals surface area contributed by atoms with Crippen LogP contribution < -0.4 is 0 Å². The molecule has 1 unspecified atom stereocenters. The largest absolute Gasteiger partial charge is 0.393 e. The molecular weight excluding hydrogens is 132 g/mol. The molecule has 0 spiro atoms. The summed E-state index contributed by atoms with van der Waals surface area (Å²) in [6.45, 7) is 0. The average molecular weight is 138 g/mol. The highest BCUT2D eigenvalue weighted by molar-refractivity contribution is 5.94. The van der Waals surface area contributed by atoms with E-state index < -0.39 is 17.9 Å². The molecule has 0 saturated carbocycles. The zero-order valence-corrected chi connectivity index (χ0v) is 5.29. The van der Waals surface area contributed by atoms with Crippen LogP contribution in [-0.2, 0) is 14.3 Å². The molecule has 1 rings (SSSR count). The topological polar surface area (TPSA) is 43.4 Å². The number of hydrogen-bond donors (Lipinski definition) is 0. The highest BCUT2D eigenvalue weighted by atomic mass is 16.6. The Balaban J connectivity index is 2.56. The number of rotatable bonds is 1. The molecule has 1 aliphatic heterocycles. The molecule has 0 N–H and O–H groups in total. The van der Waals surface area contributed by atoms with Gasteiger partial charge in [-0.2, -0.15) is 0 Å². The van der Waals surface area contributed by atoms with Gasteiger partial charge >= 0.3 is 11.9 Å². The van der Waals surface area contributed by atoms with Gasteiger partial charge < -0.3 is 4.74 Å². The maximum absolute atomic E-state index is 10.6. The third-order valence-corrected chi connectivity index (χ3v) is 1.33. The van der Waals surface area contributed by atoms with E-state index >= 15 is 0 Å². The lowest BCUT2D eigenvalue weighted by Gasteiger charge is -1.93. The van der Waals surface area contributed by atoms with Crippen LogP contribution in [0.15, 0.2) is 0 Å². The van der Waals surface area contributed by atoms with Crippen molar-refractivity contribution >= 4 is 11.9 Å². The highest BCUT2D eigenvalue weighted by Gasteiger charge is 2.32. The zero-order chi connectivity index (χ0) is 7.56. The van der Waals surface area contributed by atoms with Crippen LogP contribution >= 0.6 is 0 Å². The standard InChI is InChI=1S/C7H6O3/c1-2-3-5-4-6(8)10-7(5)9/h1,5H,3-4H2. The van der Waals surface area contributed by atoms with Crippen LogP contribution in [0, 0.1) is 18.3 Å². The van der Waals surface area contributed by atoms with E-state index in [1.54, 1.807) is 0 Å². The predicted octanol–water partition coefficient (Wildman–Crippen LogP) is 0.0994. The van der Waals surface area contributed by atoms with Gasteiger partial charge in [0, 0.05) is 6.42 Å². The molecule has 1 heterocycles. The van der Waals surface area contributed by atoms with Crippen molar-refractivity contribution in [2.24, 2.45) is 5.92 Å². The fraction of sp³-hybridized carbons (Fsp3) is 0.429. The Kier molecular flexibility index (Phi) is 1.72. The normalized spacial score (nSPS) is 24.1. The van der Waals surface area contributed by atoms with E-state index in [0.29, 0.717) is 6.42 Å². The van der Waals surface area contributed by atoms with Crippen molar-refractivity contribution in [1.82, 2.24) is 0 Å². The van der Waals surface area contributed by atoms with Gasteiger partial charge in [0.15, 0.2) is 0 Å². The minimum atomic E-state index is -0.483. The van der Waals surface area contributed by atoms with E-state index in [1.807, 2.05) is 0 Å². The minimum absolute atomic E-state index is 0.142. The maximum Gasteiger partial charge on any atom is 0.318 e. The molecule has 0 aliphatic carbocycles. The number of ether oxygens (including phenoxy) is 1. The molecule has 1 atom stereocenters. The van der Waals surface area contributed by atoms with Crippen LogP contribution in [0.1, 0.15) is 12.8 Å².